The van der Waals surface area contributed by atoms with Crippen molar-refractivity contribution in [1.29, 1.82) is 0 Å². The molecule has 2 aliphatic rings. The Bertz CT molecular complexity index is 2030. The highest BCUT2D eigenvalue weighted by Gasteiger charge is 2.43. The Morgan fingerprint density at radius 1 is 1.02 bits per heavy atom. The van der Waals surface area contributed by atoms with Gasteiger partial charge in [-0.15, -0.1) is 0 Å². The van der Waals surface area contributed by atoms with Gasteiger partial charge in [0.2, 0.25) is 5.13 Å². The molecule has 240 valence electrons. The van der Waals surface area contributed by atoms with Crippen LogP contribution in [0.1, 0.15) is 74.6 Å². The van der Waals surface area contributed by atoms with E-state index < -0.39 is 5.63 Å². The van der Waals surface area contributed by atoms with Gasteiger partial charge in [-0.3, -0.25) is 0 Å². The first-order chi connectivity index (χ1) is 22.9. The SMILES string of the molecule is CCCCCCc1cc2cc(-c3cnc(N4N=C5/C(=C/c6ccc(F)cc6)CCC[C@H]5[C@H]4c4ccc(F)cc4)s3)c(=O)oc2cc1O. The van der Waals surface area contributed by atoms with Crippen LogP contribution in [0.2, 0.25) is 0 Å². The Kier molecular flexibility index (Phi) is 8.73. The number of aromatic nitrogens is 1. The zero-order chi connectivity index (χ0) is 32.5. The van der Waals surface area contributed by atoms with Gasteiger partial charge in [0, 0.05) is 23.6 Å². The molecule has 3 aromatic carbocycles. The molecule has 47 heavy (non-hydrogen) atoms. The van der Waals surface area contributed by atoms with E-state index in [-0.39, 0.29) is 29.3 Å². The van der Waals surface area contributed by atoms with Crippen LogP contribution in [-0.4, -0.2) is 15.8 Å². The van der Waals surface area contributed by atoms with Crippen molar-refractivity contribution in [1.82, 2.24) is 4.98 Å². The minimum Gasteiger partial charge on any atom is -0.508 e. The van der Waals surface area contributed by atoms with Crippen LogP contribution in [0, 0.1) is 17.6 Å². The van der Waals surface area contributed by atoms with E-state index in [1.165, 1.54) is 41.7 Å². The average Bonchev–Trinajstić information content (AvgIpc) is 3.71. The summed E-state index contributed by atoms with van der Waals surface area (Å²) >= 11 is 1.35. The molecule has 1 aliphatic heterocycles. The quantitative estimate of drug-likeness (QED) is 0.127. The number of halogens is 2. The summed E-state index contributed by atoms with van der Waals surface area (Å²) in [7, 11) is 0. The van der Waals surface area contributed by atoms with Gasteiger partial charge in [-0.25, -0.2) is 23.6 Å². The number of fused-ring (bicyclic) bond motifs is 2. The van der Waals surface area contributed by atoms with E-state index in [2.05, 4.69) is 13.0 Å². The number of rotatable bonds is 9. The number of phenolic OH excluding ortho intramolecular Hbond substituents is 1. The largest absolute Gasteiger partial charge is 0.508 e. The molecule has 2 aromatic heterocycles. The third kappa shape index (κ3) is 6.37. The molecule has 9 heteroatoms. The molecule has 0 radical (unpaired) electrons. The van der Waals surface area contributed by atoms with Gasteiger partial charge in [0.05, 0.1) is 22.2 Å². The molecule has 1 aliphatic carbocycles. The molecule has 5 aromatic rings. The van der Waals surface area contributed by atoms with E-state index in [1.807, 2.05) is 17.1 Å². The lowest BCUT2D eigenvalue weighted by Crippen LogP contribution is -2.28. The lowest BCUT2D eigenvalue weighted by molar-refractivity contribution is 0.464. The van der Waals surface area contributed by atoms with E-state index in [4.69, 9.17) is 14.5 Å². The number of nitrogens with zero attached hydrogens (tertiary/aromatic N) is 3. The van der Waals surface area contributed by atoms with E-state index >= 15 is 0 Å². The number of hydrogen-bond donors (Lipinski definition) is 1. The number of aromatic hydroxyl groups is 1. The molecule has 0 unspecified atom stereocenters. The molecule has 3 heterocycles. The summed E-state index contributed by atoms with van der Waals surface area (Å²) in [5.41, 5.74) is 4.91. The zero-order valence-electron chi connectivity index (χ0n) is 26.1. The van der Waals surface area contributed by atoms with Crippen molar-refractivity contribution in [2.75, 3.05) is 5.01 Å². The highest BCUT2D eigenvalue weighted by molar-refractivity contribution is 7.18. The van der Waals surface area contributed by atoms with Crippen molar-refractivity contribution in [3.05, 3.63) is 117 Å². The summed E-state index contributed by atoms with van der Waals surface area (Å²) in [6, 6.07) is 18.0. The van der Waals surface area contributed by atoms with E-state index in [0.717, 1.165) is 84.7 Å². The first kappa shape index (κ1) is 31.0. The summed E-state index contributed by atoms with van der Waals surface area (Å²) in [6.45, 7) is 2.17. The fourth-order valence-corrected chi connectivity index (χ4v) is 7.63. The van der Waals surface area contributed by atoms with Gasteiger partial charge < -0.3 is 9.52 Å². The fraction of sp³-hybridized carbons (Fsp3) is 0.289. The van der Waals surface area contributed by atoms with Gasteiger partial charge in [-0.1, -0.05) is 61.8 Å². The number of hydrazone groups is 1. The number of phenols is 1. The second kappa shape index (κ2) is 13.2. The van der Waals surface area contributed by atoms with E-state index in [0.29, 0.717) is 21.2 Å². The summed E-state index contributed by atoms with van der Waals surface area (Å²) < 4.78 is 33.3. The number of benzene rings is 3. The Hall–Kier alpha value is -4.63. The van der Waals surface area contributed by atoms with Crippen molar-refractivity contribution in [2.24, 2.45) is 11.0 Å². The molecule has 2 atom stereocenters. The molecule has 0 spiro atoms. The first-order valence-corrected chi connectivity index (χ1v) is 17.0. The normalized spacial score (nSPS) is 18.6. The summed E-state index contributed by atoms with van der Waals surface area (Å²) in [5, 5.41) is 19.0. The Labute approximate surface area is 275 Å². The van der Waals surface area contributed by atoms with Crippen LogP contribution in [0.4, 0.5) is 13.9 Å². The maximum Gasteiger partial charge on any atom is 0.345 e. The van der Waals surface area contributed by atoms with Crippen molar-refractivity contribution in [3.63, 3.8) is 0 Å². The number of allylic oxidation sites excluding steroid dienone is 1. The fourth-order valence-electron chi connectivity index (χ4n) is 6.72. The minimum absolute atomic E-state index is 0.0439. The van der Waals surface area contributed by atoms with Crippen molar-refractivity contribution in [2.45, 2.75) is 64.3 Å². The van der Waals surface area contributed by atoms with Crippen molar-refractivity contribution < 1.29 is 18.3 Å². The van der Waals surface area contributed by atoms with Crippen molar-refractivity contribution in [3.8, 4) is 16.2 Å². The van der Waals surface area contributed by atoms with Crippen LogP contribution in [0.3, 0.4) is 0 Å². The number of aryl methyl sites for hydroxylation is 1. The van der Waals surface area contributed by atoms with Gasteiger partial charge in [-0.2, -0.15) is 5.10 Å². The molecule has 0 amide bonds. The third-order valence-corrected chi connectivity index (χ3v) is 10.1. The molecule has 0 bridgehead atoms. The highest BCUT2D eigenvalue weighted by atomic mass is 32.1. The Morgan fingerprint density at radius 2 is 1.79 bits per heavy atom. The Balaban J connectivity index is 1.25. The topological polar surface area (TPSA) is 78.9 Å². The lowest BCUT2D eigenvalue weighted by Gasteiger charge is -2.29. The maximum atomic E-state index is 14.0. The van der Waals surface area contributed by atoms with Gasteiger partial charge >= 0.3 is 5.63 Å². The number of thiazole rings is 1. The zero-order valence-corrected chi connectivity index (χ0v) is 26.9. The average molecular weight is 652 g/mol. The van der Waals surface area contributed by atoms with Gasteiger partial charge in [0.25, 0.3) is 0 Å². The predicted octanol–water partition coefficient (Wildman–Crippen LogP) is 9.82. The number of hydrogen-bond acceptors (Lipinski definition) is 7. The molecule has 1 N–H and O–H groups in total. The van der Waals surface area contributed by atoms with Crippen LogP contribution >= 0.6 is 11.3 Å². The second-order valence-corrected chi connectivity index (χ2v) is 13.3. The van der Waals surface area contributed by atoms with Gasteiger partial charge in [0.15, 0.2) is 0 Å². The molecule has 1 fully saturated rings. The van der Waals surface area contributed by atoms with E-state index in [1.54, 1.807) is 30.5 Å². The summed E-state index contributed by atoms with van der Waals surface area (Å²) in [6.07, 6.45) is 11.5. The predicted molar refractivity (Wildman–Crippen MR) is 184 cm³/mol. The lowest BCUT2D eigenvalue weighted by atomic mass is 9.77. The van der Waals surface area contributed by atoms with Crippen LogP contribution in [-0.2, 0) is 6.42 Å². The van der Waals surface area contributed by atoms with Crippen LogP contribution in [0.15, 0.2) is 92.8 Å². The van der Waals surface area contributed by atoms with E-state index in [9.17, 15) is 18.7 Å². The van der Waals surface area contributed by atoms with Crippen LogP contribution < -0.4 is 10.6 Å². The highest BCUT2D eigenvalue weighted by Crippen LogP contribution is 2.47. The summed E-state index contributed by atoms with van der Waals surface area (Å²) in [5.74, 6) is -0.408. The number of unbranched alkanes of at least 4 members (excludes halogenated alkanes) is 3. The molecule has 0 saturated heterocycles. The van der Waals surface area contributed by atoms with Crippen LogP contribution in [0.5, 0.6) is 5.75 Å². The molecular formula is C38H35F2N3O3S. The van der Waals surface area contributed by atoms with Crippen molar-refractivity contribution >= 4 is 39.2 Å². The van der Waals surface area contributed by atoms with Crippen LogP contribution in [0.25, 0.3) is 27.5 Å². The molecular weight excluding hydrogens is 616 g/mol. The summed E-state index contributed by atoms with van der Waals surface area (Å²) in [4.78, 5) is 18.6. The number of anilines is 1. The maximum absolute atomic E-state index is 14.0. The smallest absolute Gasteiger partial charge is 0.345 e. The Morgan fingerprint density at radius 3 is 2.55 bits per heavy atom. The third-order valence-electron chi connectivity index (χ3n) is 9.11. The van der Waals surface area contributed by atoms with Gasteiger partial charge in [-0.05, 0) is 96.8 Å². The molecule has 6 nitrogen and oxygen atoms in total. The minimum atomic E-state index is -0.510. The first-order valence-electron chi connectivity index (χ1n) is 16.2. The monoisotopic (exact) mass is 651 g/mol. The molecule has 7 rings (SSSR count). The standard InChI is InChI=1S/C38H35F2N3O3S/c1-2-3-4-5-7-25-19-27-20-31(37(45)46-33(27)21-32(25)44)34-22-41-38(47-34)43-36(24-12-16-29(40)17-13-24)30-9-6-8-26(35(30)42-43)18-23-10-14-28(39)15-11-23/h10-22,30,36,44H,2-9H2,1H3/b26-18+/t30-,36-/m1/s1. The van der Waals surface area contributed by atoms with Gasteiger partial charge in [0.1, 0.15) is 23.0 Å². The molecule has 1 saturated carbocycles. The second-order valence-electron chi connectivity index (χ2n) is 12.3.